The van der Waals surface area contributed by atoms with Crippen LogP contribution in [0.4, 0.5) is 8.78 Å². The molecule has 0 aromatic heterocycles. The summed E-state index contributed by atoms with van der Waals surface area (Å²) >= 11 is 0. The first kappa shape index (κ1) is 16.4. The highest BCUT2D eigenvalue weighted by molar-refractivity contribution is 6.62. The molecule has 3 rings (SSSR count). The van der Waals surface area contributed by atoms with Crippen LogP contribution in [0.1, 0.15) is 50.9 Å². The first-order chi connectivity index (χ1) is 10.6. The maximum Gasteiger partial charge on any atom is 0.497 e. The van der Waals surface area contributed by atoms with Crippen molar-refractivity contribution >= 4 is 18.5 Å². The van der Waals surface area contributed by atoms with Gasteiger partial charge in [0.15, 0.2) is 0 Å². The van der Waals surface area contributed by atoms with Crippen LogP contribution in [-0.4, -0.2) is 30.3 Å². The average Bonchev–Trinajstić information content (AvgIpc) is 3.19. The van der Waals surface area contributed by atoms with Gasteiger partial charge in [-0.1, -0.05) is 0 Å². The highest BCUT2D eigenvalue weighted by atomic mass is 19.1. The molecule has 0 radical (unpaired) electrons. The number of nitrogens with one attached hydrogen (secondary N) is 1. The summed E-state index contributed by atoms with van der Waals surface area (Å²) in [7, 11) is -1.00. The van der Waals surface area contributed by atoms with Crippen LogP contribution < -0.4 is 10.8 Å². The molecule has 0 atom stereocenters. The molecule has 0 unspecified atom stereocenters. The van der Waals surface area contributed by atoms with Gasteiger partial charge in [-0.05, 0) is 52.7 Å². The largest absolute Gasteiger partial charge is 0.497 e. The maximum atomic E-state index is 14.4. The van der Waals surface area contributed by atoms with Crippen molar-refractivity contribution in [1.29, 1.82) is 0 Å². The van der Waals surface area contributed by atoms with Gasteiger partial charge in [0.1, 0.15) is 11.6 Å². The van der Waals surface area contributed by atoms with E-state index < -0.39 is 35.9 Å². The van der Waals surface area contributed by atoms with Gasteiger partial charge in [0.25, 0.3) is 5.91 Å². The molecule has 1 aromatic carbocycles. The molecular weight excluding hydrogens is 303 g/mol. The Hall–Kier alpha value is -1.47. The fourth-order valence-corrected chi connectivity index (χ4v) is 2.38. The molecule has 1 saturated heterocycles. The number of carbonyl (C=O) groups is 1. The van der Waals surface area contributed by atoms with Gasteiger partial charge >= 0.3 is 7.12 Å². The van der Waals surface area contributed by atoms with Gasteiger partial charge in [0.2, 0.25) is 0 Å². The van der Waals surface area contributed by atoms with Crippen molar-refractivity contribution in [3.8, 4) is 0 Å². The predicted octanol–water partition coefficient (Wildman–Crippen LogP) is 2.16. The Labute approximate surface area is 134 Å². The number of rotatable bonds is 3. The molecule has 1 aromatic rings. The molecule has 1 saturated carbocycles. The van der Waals surface area contributed by atoms with Gasteiger partial charge in [-0.25, -0.2) is 8.78 Å². The predicted molar refractivity (Wildman–Crippen MR) is 82.6 cm³/mol. The smallest absolute Gasteiger partial charge is 0.399 e. The molecular formula is C16H20BF2NO3. The zero-order valence-corrected chi connectivity index (χ0v) is 13.7. The number of hydrogen-bond acceptors (Lipinski definition) is 3. The third kappa shape index (κ3) is 2.99. The number of amides is 1. The third-order valence-corrected chi connectivity index (χ3v) is 4.75. The van der Waals surface area contributed by atoms with Gasteiger partial charge in [0, 0.05) is 11.5 Å². The first-order valence-corrected chi connectivity index (χ1v) is 7.76. The van der Waals surface area contributed by atoms with E-state index in [1.54, 1.807) is 0 Å². The lowest BCUT2D eigenvalue weighted by Crippen LogP contribution is -2.41. The Morgan fingerprint density at radius 2 is 1.70 bits per heavy atom. The summed E-state index contributed by atoms with van der Waals surface area (Å²) in [5.41, 5.74) is -1.63. The topological polar surface area (TPSA) is 47.6 Å². The number of benzene rings is 1. The van der Waals surface area contributed by atoms with Gasteiger partial charge in [-0.2, -0.15) is 0 Å². The van der Waals surface area contributed by atoms with E-state index >= 15 is 0 Å². The minimum atomic E-state index is -1.00. The van der Waals surface area contributed by atoms with Gasteiger partial charge in [-0.3, -0.25) is 4.79 Å². The first-order valence-electron chi connectivity index (χ1n) is 7.76. The number of carbonyl (C=O) groups excluding carboxylic acids is 1. The molecule has 2 aliphatic rings. The van der Waals surface area contributed by atoms with Crippen molar-refractivity contribution in [2.24, 2.45) is 0 Å². The monoisotopic (exact) mass is 323 g/mol. The lowest BCUT2D eigenvalue weighted by molar-refractivity contribution is 0.00578. The minimum absolute atomic E-state index is 0.0379. The number of halogens is 2. The summed E-state index contributed by atoms with van der Waals surface area (Å²) in [6.45, 7) is 7.33. The van der Waals surface area contributed by atoms with E-state index in [9.17, 15) is 13.6 Å². The number of hydrogen-bond donors (Lipinski definition) is 1. The van der Waals surface area contributed by atoms with E-state index in [2.05, 4.69) is 5.32 Å². The van der Waals surface area contributed by atoms with Gasteiger partial charge < -0.3 is 14.6 Å². The Balaban J connectivity index is 1.87. The molecule has 1 amide bonds. The summed E-state index contributed by atoms with van der Waals surface area (Å²) in [5, 5.41) is 2.65. The molecule has 1 aliphatic carbocycles. The second-order valence-corrected chi connectivity index (χ2v) is 7.19. The summed E-state index contributed by atoms with van der Waals surface area (Å²) in [4.78, 5) is 11.9. The maximum absolute atomic E-state index is 14.4. The molecule has 1 aliphatic heterocycles. The summed E-state index contributed by atoms with van der Waals surface area (Å²) in [6, 6.07) is 1.97. The van der Waals surface area contributed by atoms with Crippen LogP contribution in [0.3, 0.4) is 0 Å². The van der Waals surface area contributed by atoms with Crippen LogP contribution in [0.2, 0.25) is 0 Å². The standard InChI is InChI=1S/C16H20BF2NO3/c1-15(2)16(3,4)23-17(22-15)11-8-12(18)10(7-13(11)19)14(21)20-9-5-6-9/h7-9H,5-6H2,1-4H3,(H,20,21). The Morgan fingerprint density at radius 1 is 1.13 bits per heavy atom. The Morgan fingerprint density at radius 3 is 2.22 bits per heavy atom. The zero-order chi connectivity index (χ0) is 17.0. The molecule has 1 heterocycles. The summed E-state index contributed by atoms with van der Waals surface area (Å²) in [5.74, 6) is -2.09. The SMILES string of the molecule is CC1(C)OB(c2cc(F)c(C(=O)NC3CC3)cc2F)OC1(C)C. The molecule has 0 spiro atoms. The second-order valence-electron chi connectivity index (χ2n) is 7.19. The van der Waals surface area contributed by atoms with Crippen LogP contribution in [0.5, 0.6) is 0 Å². The summed E-state index contributed by atoms with van der Waals surface area (Å²) < 4.78 is 40.1. The third-order valence-electron chi connectivity index (χ3n) is 4.75. The Bertz CT molecular complexity index is 643. The van der Waals surface area contributed by atoms with Crippen molar-refractivity contribution < 1.29 is 22.9 Å². The van der Waals surface area contributed by atoms with Crippen LogP contribution in [0, 0.1) is 11.6 Å². The van der Waals surface area contributed by atoms with Crippen LogP contribution in [0.15, 0.2) is 12.1 Å². The van der Waals surface area contributed by atoms with Crippen molar-refractivity contribution in [2.45, 2.75) is 57.8 Å². The van der Waals surface area contributed by atoms with E-state index in [1.807, 2.05) is 27.7 Å². The fourth-order valence-electron chi connectivity index (χ4n) is 2.38. The van der Waals surface area contributed by atoms with E-state index in [-0.39, 0.29) is 17.1 Å². The molecule has 23 heavy (non-hydrogen) atoms. The molecule has 2 fully saturated rings. The van der Waals surface area contributed by atoms with E-state index in [4.69, 9.17) is 9.31 Å². The van der Waals surface area contributed by atoms with Crippen molar-refractivity contribution in [3.63, 3.8) is 0 Å². The summed E-state index contributed by atoms with van der Waals surface area (Å²) in [6.07, 6.45) is 1.75. The molecule has 4 nitrogen and oxygen atoms in total. The molecule has 0 bridgehead atoms. The van der Waals surface area contributed by atoms with Gasteiger partial charge in [-0.15, -0.1) is 0 Å². The molecule has 1 N–H and O–H groups in total. The lowest BCUT2D eigenvalue weighted by Gasteiger charge is -2.32. The van der Waals surface area contributed by atoms with Crippen molar-refractivity contribution in [3.05, 3.63) is 29.3 Å². The van der Waals surface area contributed by atoms with E-state index in [1.165, 1.54) is 0 Å². The Kier molecular flexibility index (Phi) is 3.76. The van der Waals surface area contributed by atoms with Crippen molar-refractivity contribution in [2.75, 3.05) is 0 Å². The highest BCUT2D eigenvalue weighted by Crippen LogP contribution is 2.36. The molecule has 124 valence electrons. The normalized spacial score (nSPS) is 22.3. The fraction of sp³-hybridized carbons (Fsp3) is 0.562. The zero-order valence-electron chi connectivity index (χ0n) is 13.7. The van der Waals surface area contributed by atoms with Crippen LogP contribution >= 0.6 is 0 Å². The van der Waals surface area contributed by atoms with E-state index in [0.717, 1.165) is 25.0 Å². The quantitative estimate of drug-likeness (QED) is 0.867. The van der Waals surface area contributed by atoms with Crippen LogP contribution in [-0.2, 0) is 9.31 Å². The second kappa shape index (κ2) is 5.28. The molecule has 7 heteroatoms. The lowest BCUT2D eigenvalue weighted by atomic mass is 9.78. The average molecular weight is 323 g/mol. The van der Waals surface area contributed by atoms with Crippen LogP contribution in [0.25, 0.3) is 0 Å². The van der Waals surface area contributed by atoms with Crippen molar-refractivity contribution in [1.82, 2.24) is 5.32 Å². The van der Waals surface area contributed by atoms with E-state index in [0.29, 0.717) is 0 Å². The minimum Gasteiger partial charge on any atom is -0.399 e. The highest BCUT2D eigenvalue weighted by Gasteiger charge is 2.52. The van der Waals surface area contributed by atoms with Gasteiger partial charge in [0.05, 0.1) is 16.8 Å².